The Kier molecular flexibility index (Phi) is 4.72. The van der Waals surface area contributed by atoms with Gasteiger partial charge in [-0.1, -0.05) is 23.5 Å². The normalized spacial score (nSPS) is 10.2. The summed E-state index contributed by atoms with van der Waals surface area (Å²) in [5.41, 5.74) is 1.35. The van der Waals surface area contributed by atoms with Crippen LogP contribution in [-0.4, -0.2) is 30.3 Å². The zero-order chi connectivity index (χ0) is 16.9. The van der Waals surface area contributed by atoms with Gasteiger partial charge in [0.25, 0.3) is 5.91 Å². The first-order valence-corrected chi connectivity index (χ1v) is 7.95. The van der Waals surface area contributed by atoms with Gasteiger partial charge in [-0.05, 0) is 36.4 Å². The van der Waals surface area contributed by atoms with Crippen LogP contribution in [0.25, 0.3) is 10.6 Å². The second-order valence-corrected chi connectivity index (χ2v) is 5.77. The molecule has 0 unspecified atom stereocenters. The number of carbonyl (C=O) groups excluding carboxylic acids is 1. The van der Waals surface area contributed by atoms with Crippen molar-refractivity contribution in [1.29, 1.82) is 0 Å². The number of anilines is 1. The largest absolute Gasteiger partial charge is 0.497 e. The molecule has 1 N–H and O–H groups in total. The quantitative estimate of drug-likeness (QED) is 0.769. The maximum absolute atomic E-state index is 12.2. The summed E-state index contributed by atoms with van der Waals surface area (Å²) in [7, 11) is 3.18. The van der Waals surface area contributed by atoms with E-state index >= 15 is 0 Å². The molecular weight excluding hydrogens is 326 g/mol. The Morgan fingerprint density at radius 2 is 1.75 bits per heavy atom. The molecule has 0 spiro atoms. The predicted octanol–water partition coefficient (Wildman–Crippen LogP) is 3.47. The molecule has 0 fully saturated rings. The lowest BCUT2D eigenvalue weighted by Crippen LogP contribution is -2.11. The number of hydrogen-bond donors (Lipinski definition) is 1. The number of hydrogen-bond acceptors (Lipinski definition) is 6. The summed E-state index contributed by atoms with van der Waals surface area (Å²) in [6.45, 7) is 0. The highest BCUT2D eigenvalue weighted by atomic mass is 32.1. The Morgan fingerprint density at radius 3 is 2.46 bits per heavy atom. The topological polar surface area (TPSA) is 73.3 Å². The number of benzene rings is 2. The fraction of sp³-hybridized carbons (Fsp3) is 0.118. The van der Waals surface area contributed by atoms with Crippen LogP contribution in [0.3, 0.4) is 0 Å². The zero-order valence-corrected chi connectivity index (χ0v) is 14.0. The molecule has 0 aliphatic carbocycles. The first kappa shape index (κ1) is 15.9. The third-order valence-corrected chi connectivity index (χ3v) is 4.21. The molecule has 1 aromatic heterocycles. The van der Waals surface area contributed by atoms with Crippen molar-refractivity contribution in [3.63, 3.8) is 0 Å². The van der Waals surface area contributed by atoms with Crippen LogP contribution in [0.5, 0.6) is 11.5 Å². The third kappa shape index (κ3) is 3.36. The Hall–Kier alpha value is -2.93. The maximum Gasteiger partial charge on any atom is 0.257 e. The second kappa shape index (κ2) is 7.10. The number of methoxy groups -OCH3 is 2. The fourth-order valence-electron chi connectivity index (χ4n) is 2.12. The molecule has 6 nitrogen and oxygen atoms in total. The Bertz CT molecular complexity index is 846. The Labute approximate surface area is 143 Å². The molecule has 0 aliphatic rings. The lowest BCUT2D eigenvalue weighted by atomic mass is 10.2. The number of carbonyl (C=O) groups is 1. The van der Waals surface area contributed by atoms with Crippen molar-refractivity contribution in [3.8, 4) is 22.1 Å². The number of aromatic nitrogens is 2. The molecular formula is C17H15N3O3S. The monoisotopic (exact) mass is 341 g/mol. The van der Waals surface area contributed by atoms with Gasteiger partial charge in [-0.15, -0.1) is 10.2 Å². The van der Waals surface area contributed by atoms with Crippen molar-refractivity contribution in [2.75, 3.05) is 19.5 Å². The van der Waals surface area contributed by atoms with E-state index in [1.165, 1.54) is 11.3 Å². The van der Waals surface area contributed by atoms with Gasteiger partial charge in [-0.25, -0.2) is 0 Å². The molecule has 0 saturated heterocycles. The summed E-state index contributed by atoms with van der Waals surface area (Å²) in [6.07, 6.45) is 0. The van der Waals surface area contributed by atoms with Crippen LogP contribution in [0.4, 0.5) is 5.13 Å². The van der Waals surface area contributed by atoms with Crippen LogP contribution in [0.1, 0.15) is 10.4 Å². The van der Waals surface area contributed by atoms with Gasteiger partial charge in [0.2, 0.25) is 5.13 Å². The van der Waals surface area contributed by atoms with E-state index in [1.54, 1.807) is 38.5 Å². The van der Waals surface area contributed by atoms with E-state index < -0.39 is 0 Å². The van der Waals surface area contributed by atoms with Crippen molar-refractivity contribution < 1.29 is 14.3 Å². The molecule has 7 heteroatoms. The zero-order valence-electron chi connectivity index (χ0n) is 13.1. The van der Waals surface area contributed by atoms with Gasteiger partial charge in [0.05, 0.1) is 19.8 Å². The minimum atomic E-state index is -0.250. The van der Waals surface area contributed by atoms with E-state index in [1.807, 2.05) is 24.3 Å². The third-order valence-electron chi connectivity index (χ3n) is 3.34. The first-order valence-electron chi connectivity index (χ1n) is 7.13. The number of nitrogens with one attached hydrogen (secondary N) is 1. The van der Waals surface area contributed by atoms with E-state index in [2.05, 4.69) is 15.5 Å². The lowest BCUT2D eigenvalue weighted by Gasteiger charge is -2.04. The van der Waals surface area contributed by atoms with Crippen molar-refractivity contribution >= 4 is 22.4 Å². The van der Waals surface area contributed by atoms with Gasteiger partial charge in [0, 0.05) is 5.56 Å². The summed E-state index contributed by atoms with van der Waals surface area (Å²) < 4.78 is 10.4. The van der Waals surface area contributed by atoms with E-state index in [0.717, 1.165) is 5.56 Å². The number of rotatable bonds is 5. The van der Waals surface area contributed by atoms with Crippen molar-refractivity contribution in [1.82, 2.24) is 10.2 Å². The van der Waals surface area contributed by atoms with Crippen molar-refractivity contribution in [2.24, 2.45) is 0 Å². The summed E-state index contributed by atoms with van der Waals surface area (Å²) in [5, 5.41) is 12.0. The van der Waals surface area contributed by atoms with Crippen LogP contribution in [0, 0.1) is 0 Å². The van der Waals surface area contributed by atoms with E-state index in [4.69, 9.17) is 9.47 Å². The Balaban J connectivity index is 1.77. The molecule has 3 aromatic rings. The summed E-state index contributed by atoms with van der Waals surface area (Å²) in [4.78, 5) is 12.2. The van der Waals surface area contributed by atoms with Gasteiger partial charge in [-0.3, -0.25) is 10.1 Å². The molecule has 3 rings (SSSR count). The molecule has 1 heterocycles. The Morgan fingerprint density at radius 1 is 1.00 bits per heavy atom. The van der Waals surface area contributed by atoms with Gasteiger partial charge < -0.3 is 9.47 Å². The van der Waals surface area contributed by atoms with Gasteiger partial charge in [0.1, 0.15) is 11.5 Å². The number of ether oxygens (including phenoxy) is 2. The average molecular weight is 341 g/mol. The predicted molar refractivity (Wildman–Crippen MR) is 92.8 cm³/mol. The molecule has 122 valence electrons. The highest BCUT2D eigenvalue weighted by Crippen LogP contribution is 2.33. The molecule has 2 aromatic carbocycles. The smallest absolute Gasteiger partial charge is 0.257 e. The highest BCUT2D eigenvalue weighted by Gasteiger charge is 2.13. The van der Waals surface area contributed by atoms with Crippen LogP contribution >= 0.6 is 11.3 Å². The van der Waals surface area contributed by atoms with Gasteiger partial charge >= 0.3 is 0 Å². The molecule has 0 aliphatic heterocycles. The van der Waals surface area contributed by atoms with Crippen LogP contribution in [0.15, 0.2) is 48.5 Å². The number of amides is 1. The summed E-state index contributed by atoms with van der Waals surface area (Å²) in [6, 6.07) is 14.4. The number of nitrogens with zero attached hydrogens (tertiary/aromatic N) is 2. The van der Waals surface area contributed by atoms with E-state index in [-0.39, 0.29) is 5.91 Å². The second-order valence-electron chi connectivity index (χ2n) is 4.80. The average Bonchev–Trinajstić information content (AvgIpc) is 3.10. The minimum absolute atomic E-state index is 0.250. The van der Waals surface area contributed by atoms with Crippen LogP contribution < -0.4 is 14.8 Å². The minimum Gasteiger partial charge on any atom is -0.497 e. The number of para-hydroxylation sites is 1. The standard InChI is InChI=1S/C17H15N3O3S/c1-22-12-9-7-11(8-10-12)15(21)18-17-20-19-16(24-17)13-5-3-4-6-14(13)23-2/h3-10H,1-2H3,(H,18,20,21). The van der Waals surface area contributed by atoms with Gasteiger partial charge in [-0.2, -0.15) is 0 Å². The van der Waals surface area contributed by atoms with Crippen LogP contribution in [-0.2, 0) is 0 Å². The van der Waals surface area contributed by atoms with Crippen molar-refractivity contribution in [2.45, 2.75) is 0 Å². The molecule has 0 saturated carbocycles. The highest BCUT2D eigenvalue weighted by molar-refractivity contribution is 7.18. The van der Waals surface area contributed by atoms with Crippen molar-refractivity contribution in [3.05, 3.63) is 54.1 Å². The molecule has 1 amide bonds. The van der Waals surface area contributed by atoms with Crippen LogP contribution in [0.2, 0.25) is 0 Å². The lowest BCUT2D eigenvalue weighted by molar-refractivity contribution is 0.102. The van der Waals surface area contributed by atoms with Gasteiger partial charge in [0.15, 0.2) is 5.01 Å². The van der Waals surface area contributed by atoms with E-state index in [0.29, 0.717) is 27.2 Å². The molecule has 0 radical (unpaired) electrons. The first-order chi connectivity index (χ1) is 11.7. The molecule has 0 bridgehead atoms. The summed E-state index contributed by atoms with van der Waals surface area (Å²) >= 11 is 1.29. The SMILES string of the molecule is COc1ccc(C(=O)Nc2nnc(-c3ccccc3OC)s2)cc1. The molecule has 24 heavy (non-hydrogen) atoms. The molecule has 0 atom stereocenters. The fourth-order valence-corrected chi connectivity index (χ4v) is 2.88. The summed E-state index contributed by atoms with van der Waals surface area (Å²) in [5.74, 6) is 1.16. The maximum atomic E-state index is 12.2. The van der Waals surface area contributed by atoms with E-state index in [9.17, 15) is 4.79 Å².